The van der Waals surface area contributed by atoms with Crippen LogP contribution in [-0.4, -0.2) is 29.5 Å². The summed E-state index contributed by atoms with van der Waals surface area (Å²) in [6.45, 7) is 1.87. The summed E-state index contributed by atoms with van der Waals surface area (Å²) in [7, 11) is 0. The van der Waals surface area contributed by atoms with Crippen LogP contribution in [-0.2, 0) is 14.3 Å². The highest BCUT2D eigenvalue weighted by Crippen LogP contribution is 2.47. The minimum absolute atomic E-state index is 0.0404. The van der Waals surface area contributed by atoms with Gasteiger partial charge in [-0.1, -0.05) is 12.1 Å². The molecule has 1 aliphatic carbocycles. The molecule has 1 aliphatic heterocycles. The molecule has 1 heterocycles. The number of non-ortho nitro benzene ring substituents is 1. The molecule has 0 aromatic heterocycles. The third kappa shape index (κ3) is 4.19. The Morgan fingerprint density at radius 3 is 2.44 bits per heavy atom. The van der Waals surface area contributed by atoms with Crippen molar-refractivity contribution in [2.45, 2.75) is 37.0 Å². The molecule has 1 atom stereocenters. The molecule has 2 N–H and O–H groups in total. The molecule has 2 aliphatic rings. The maximum absolute atomic E-state index is 13.3. The van der Waals surface area contributed by atoms with Gasteiger partial charge in [0, 0.05) is 40.4 Å². The lowest BCUT2D eigenvalue weighted by molar-refractivity contribution is -0.384. The van der Waals surface area contributed by atoms with Crippen molar-refractivity contribution in [2.75, 3.05) is 17.8 Å². The van der Waals surface area contributed by atoms with Crippen molar-refractivity contribution in [3.8, 4) is 0 Å². The number of allylic oxidation sites excluding steroid dienone is 2. The molecule has 0 fully saturated rings. The average molecular weight is 480 g/mol. The summed E-state index contributed by atoms with van der Waals surface area (Å²) in [4.78, 5) is 39.9. The summed E-state index contributed by atoms with van der Waals surface area (Å²) >= 11 is 1.60. The Bertz CT molecular complexity index is 1200. The van der Waals surface area contributed by atoms with Gasteiger partial charge in [-0.2, -0.15) is 0 Å². The number of benzene rings is 2. The largest absolute Gasteiger partial charge is 0.463 e. The van der Waals surface area contributed by atoms with Crippen molar-refractivity contribution in [3.05, 3.63) is 86.9 Å². The molecule has 2 aromatic carbocycles. The fraction of sp³-hybridized carbons (Fsp3) is 0.280. The molecule has 176 valence electrons. The van der Waals surface area contributed by atoms with Crippen molar-refractivity contribution in [2.24, 2.45) is 5.73 Å². The van der Waals surface area contributed by atoms with Gasteiger partial charge in [-0.3, -0.25) is 19.8 Å². The van der Waals surface area contributed by atoms with Crippen molar-refractivity contribution >= 4 is 34.9 Å². The zero-order chi connectivity index (χ0) is 24.4. The summed E-state index contributed by atoms with van der Waals surface area (Å²) in [5.41, 5.74) is 9.36. The van der Waals surface area contributed by atoms with Crippen LogP contribution >= 0.6 is 11.8 Å². The van der Waals surface area contributed by atoms with E-state index >= 15 is 0 Å². The van der Waals surface area contributed by atoms with Gasteiger partial charge in [0.2, 0.25) is 0 Å². The fourth-order valence-electron chi connectivity index (χ4n) is 4.54. The standard InChI is InChI=1S/C25H25N3O5S/c1-3-33-25(30)23-21(15-7-13-18(34-2)14-8-15)22-19(5-4-6-20(22)29)27(24(23)26)16-9-11-17(12-10-16)28(31)32/h7-14,21H,3-6,26H2,1-2H3/t21-/m0/s1. The Morgan fingerprint density at radius 1 is 1.18 bits per heavy atom. The number of nitro benzene ring substituents is 1. The van der Waals surface area contributed by atoms with Gasteiger partial charge in [-0.15, -0.1) is 11.8 Å². The van der Waals surface area contributed by atoms with Crippen LogP contribution in [0.2, 0.25) is 0 Å². The third-order valence-electron chi connectivity index (χ3n) is 6.06. The number of nitro groups is 1. The number of Topliss-reactive ketones (excluding diaryl/α,β-unsaturated/α-hetero) is 1. The van der Waals surface area contributed by atoms with E-state index in [0.29, 0.717) is 30.5 Å². The first-order valence-electron chi connectivity index (χ1n) is 11.0. The first-order valence-corrected chi connectivity index (χ1v) is 12.2. The molecule has 0 bridgehead atoms. The van der Waals surface area contributed by atoms with Crippen molar-refractivity contribution in [3.63, 3.8) is 0 Å². The Balaban J connectivity index is 1.94. The van der Waals surface area contributed by atoms with E-state index in [2.05, 4.69) is 0 Å². The Morgan fingerprint density at radius 2 is 1.85 bits per heavy atom. The number of nitrogens with two attached hydrogens (primary N) is 1. The highest BCUT2D eigenvalue weighted by molar-refractivity contribution is 7.98. The molecule has 0 unspecified atom stereocenters. The highest BCUT2D eigenvalue weighted by atomic mass is 32.2. The zero-order valence-corrected chi connectivity index (χ0v) is 19.8. The molecule has 34 heavy (non-hydrogen) atoms. The van der Waals surface area contributed by atoms with E-state index in [0.717, 1.165) is 16.2 Å². The highest BCUT2D eigenvalue weighted by Gasteiger charge is 2.43. The topological polar surface area (TPSA) is 116 Å². The lowest BCUT2D eigenvalue weighted by atomic mass is 9.75. The molecule has 0 saturated carbocycles. The second-order valence-electron chi connectivity index (χ2n) is 7.97. The summed E-state index contributed by atoms with van der Waals surface area (Å²) in [5.74, 6) is -1.11. The number of carbonyl (C=O) groups is 2. The van der Waals surface area contributed by atoms with Crippen LogP contribution in [0.1, 0.15) is 37.7 Å². The lowest BCUT2D eigenvalue weighted by Gasteiger charge is -2.40. The van der Waals surface area contributed by atoms with Crippen molar-refractivity contribution < 1.29 is 19.2 Å². The monoisotopic (exact) mass is 479 g/mol. The number of thioether (sulfide) groups is 1. The zero-order valence-electron chi connectivity index (χ0n) is 18.9. The summed E-state index contributed by atoms with van der Waals surface area (Å²) in [6, 6.07) is 13.6. The SMILES string of the molecule is CCOC(=O)C1=C(N)N(c2ccc([N+](=O)[O-])cc2)C2=C(C(=O)CCC2)[C@@H]1c1ccc(SC)cc1. The predicted octanol–water partition coefficient (Wildman–Crippen LogP) is 4.66. The molecule has 0 spiro atoms. The van der Waals surface area contributed by atoms with E-state index < -0.39 is 16.8 Å². The molecular formula is C25H25N3O5S. The number of carbonyl (C=O) groups excluding carboxylic acids is 2. The lowest BCUT2D eigenvalue weighted by Crippen LogP contribution is -2.41. The average Bonchev–Trinajstić information content (AvgIpc) is 2.84. The Labute approximate surface area is 201 Å². The van der Waals surface area contributed by atoms with E-state index in [1.54, 1.807) is 35.7 Å². The Hall–Kier alpha value is -3.59. The number of esters is 1. The van der Waals surface area contributed by atoms with Crippen molar-refractivity contribution in [1.29, 1.82) is 0 Å². The van der Waals surface area contributed by atoms with Crippen LogP contribution in [0, 0.1) is 10.1 Å². The number of hydrogen-bond acceptors (Lipinski definition) is 8. The normalized spacial score (nSPS) is 18.1. The van der Waals surface area contributed by atoms with Gasteiger partial charge in [0.25, 0.3) is 5.69 Å². The number of ether oxygens (including phenoxy) is 1. The van der Waals surface area contributed by atoms with Crippen molar-refractivity contribution in [1.82, 2.24) is 0 Å². The third-order valence-corrected chi connectivity index (χ3v) is 6.80. The van der Waals surface area contributed by atoms with Gasteiger partial charge in [0.1, 0.15) is 5.82 Å². The molecule has 0 amide bonds. The summed E-state index contributed by atoms with van der Waals surface area (Å²) in [5, 5.41) is 11.1. The van der Waals surface area contributed by atoms with E-state index in [9.17, 15) is 19.7 Å². The number of rotatable bonds is 6. The summed E-state index contributed by atoms with van der Waals surface area (Å²) < 4.78 is 5.37. The molecule has 0 radical (unpaired) electrons. The van der Waals surface area contributed by atoms with Gasteiger partial charge in [0.15, 0.2) is 5.78 Å². The number of anilines is 1. The maximum atomic E-state index is 13.3. The minimum atomic E-state index is -0.646. The van der Waals surface area contributed by atoms with E-state index in [4.69, 9.17) is 10.5 Å². The van der Waals surface area contributed by atoms with Crippen LogP contribution in [0.3, 0.4) is 0 Å². The van der Waals surface area contributed by atoms with Crippen LogP contribution in [0.25, 0.3) is 0 Å². The fourth-order valence-corrected chi connectivity index (χ4v) is 4.95. The van der Waals surface area contributed by atoms with Gasteiger partial charge in [-0.05, 0) is 55.9 Å². The molecule has 8 nitrogen and oxygen atoms in total. The predicted molar refractivity (Wildman–Crippen MR) is 130 cm³/mol. The first-order chi connectivity index (χ1) is 16.4. The molecular weight excluding hydrogens is 454 g/mol. The second kappa shape index (κ2) is 9.72. The molecule has 2 aromatic rings. The van der Waals surface area contributed by atoms with Gasteiger partial charge >= 0.3 is 5.97 Å². The number of nitrogens with zero attached hydrogens (tertiary/aromatic N) is 2. The van der Waals surface area contributed by atoms with Gasteiger partial charge in [-0.25, -0.2) is 4.79 Å². The molecule has 9 heteroatoms. The molecule has 0 saturated heterocycles. The quantitative estimate of drug-likeness (QED) is 0.275. The number of ketones is 1. The molecule has 4 rings (SSSR count). The number of hydrogen-bond donors (Lipinski definition) is 1. The smallest absolute Gasteiger partial charge is 0.338 e. The maximum Gasteiger partial charge on any atom is 0.338 e. The minimum Gasteiger partial charge on any atom is -0.463 e. The van der Waals surface area contributed by atoms with Crippen LogP contribution in [0.15, 0.2) is 76.1 Å². The second-order valence-corrected chi connectivity index (χ2v) is 8.85. The van der Waals surface area contributed by atoms with E-state index in [1.165, 1.54) is 12.1 Å². The van der Waals surface area contributed by atoms with Gasteiger partial charge in [0.05, 0.1) is 23.0 Å². The van der Waals surface area contributed by atoms with E-state index in [1.807, 2.05) is 30.5 Å². The van der Waals surface area contributed by atoms with Gasteiger partial charge < -0.3 is 10.5 Å². The van der Waals surface area contributed by atoms with Crippen LogP contribution in [0.5, 0.6) is 0 Å². The Kier molecular flexibility index (Phi) is 6.74. The van der Waals surface area contributed by atoms with E-state index in [-0.39, 0.29) is 29.5 Å². The summed E-state index contributed by atoms with van der Waals surface area (Å²) in [6.07, 6.45) is 3.60. The van der Waals surface area contributed by atoms with Crippen LogP contribution < -0.4 is 10.6 Å². The first kappa shape index (κ1) is 23.6. The van der Waals surface area contributed by atoms with Crippen LogP contribution in [0.4, 0.5) is 11.4 Å².